The molecule has 0 radical (unpaired) electrons. The second-order valence-electron chi connectivity index (χ2n) is 4.69. The first kappa shape index (κ1) is 13.4. The molecule has 1 aromatic rings. The van der Waals surface area contributed by atoms with E-state index >= 15 is 0 Å². The third-order valence-corrected chi connectivity index (χ3v) is 4.47. The van der Waals surface area contributed by atoms with Crippen molar-refractivity contribution in [1.82, 2.24) is 5.32 Å². The van der Waals surface area contributed by atoms with Gasteiger partial charge >= 0.3 is 0 Å². The molecule has 5 heteroatoms. The van der Waals surface area contributed by atoms with E-state index in [-0.39, 0.29) is 4.90 Å². The summed E-state index contributed by atoms with van der Waals surface area (Å²) in [5.41, 5.74) is 0.993. The highest BCUT2D eigenvalue weighted by Crippen LogP contribution is 2.35. The molecule has 1 saturated heterocycles. The Morgan fingerprint density at radius 2 is 2.17 bits per heavy atom. The van der Waals surface area contributed by atoms with E-state index in [1.807, 2.05) is 6.07 Å². The molecule has 0 amide bonds. The third kappa shape index (κ3) is 2.67. The van der Waals surface area contributed by atoms with Gasteiger partial charge < -0.3 is 10.1 Å². The highest BCUT2D eigenvalue weighted by atomic mass is 32.2. The minimum Gasteiger partial charge on any atom is -0.495 e. The van der Waals surface area contributed by atoms with Gasteiger partial charge in [0.2, 0.25) is 0 Å². The molecule has 1 N–H and O–H groups in total. The Hall–Kier alpha value is -1.07. The van der Waals surface area contributed by atoms with Gasteiger partial charge in [-0.05, 0) is 31.0 Å². The normalized spacial score (nSPS) is 20.7. The van der Waals surface area contributed by atoms with Crippen LogP contribution in [0.5, 0.6) is 5.75 Å². The summed E-state index contributed by atoms with van der Waals surface area (Å²) >= 11 is 0. The van der Waals surface area contributed by atoms with E-state index in [1.54, 1.807) is 12.1 Å². The minimum atomic E-state index is -3.25. The van der Waals surface area contributed by atoms with Gasteiger partial charge in [-0.25, -0.2) is 8.42 Å². The van der Waals surface area contributed by atoms with Crippen LogP contribution in [0.4, 0.5) is 0 Å². The molecular weight excluding hydrogens is 250 g/mol. The van der Waals surface area contributed by atoms with Crippen molar-refractivity contribution in [3.8, 4) is 5.75 Å². The standard InChI is InChI=1S/C13H19NO3S/c1-17-13-11(10-5-4-8-14-9-10)6-3-7-12(13)18(2,15)16/h3,6-7,10,14H,4-5,8-9H2,1-2H3. The van der Waals surface area contributed by atoms with E-state index in [2.05, 4.69) is 5.32 Å². The van der Waals surface area contributed by atoms with Crippen LogP contribution < -0.4 is 10.1 Å². The Morgan fingerprint density at radius 1 is 1.39 bits per heavy atom. The van der Waals surface area contributed by atoms with E-state index in [0.717, 1.165) is 31.5 Å². The smallest absolute Gasteiger partial charge is 0.179 e. The van der Waals surface area contributed by atoms with Gasteiger partial charge in [0.05, 0.1) is 7.11 Å². The molecule has 0 spiro atoms. The molecule has 0 aliphatic carbocycles. The summed E-state index contributed by atoms with van der Waals surface area (Å²) in [5, 5.41) is 3.34. The van der Waals surface area contributed by atoms with E-state index in [9.17, 15) is 8.42 Å². The number of para-hydroxylation sites is 1. The Morgan fingerprint density at radius 3 is 2.72 bits per heavy atom. The Balaban J connectivity index is 2.47. The zero-order chi connectivity index (χ0) is 13.2. The fourth-order valence-corrected chi connectivity index (χ4v) is 3.35. The molecule has 4 nitrogen and oxygen atoms in total. The van der Waals surface area contributed by atoms with Gasteiger partial charge in [-0.1, -0.05) is 12.1 Å². The molecule has 1 aromatic carbocycles. The number of methoxy groups -OCH3 is 1. The molecule has 2 rings (SSSR count). The maximum absolute atomic E-state index is 11.8. The molecule has 0 aromatic heterocycles. The fourth-order valence-electron chi connectivity index (χ4n) is 2.48. The fraction of sp³-hybridized carbons (Fsp3) is 0.538. The Bertz CT molecular complexity index is 519. The van der Waals surface area contributed by atoms with Crippen LogP contribution in [0.3, 0.4) is 0 Å². The van der Waals surface area contributed by atoms with Gasteiger partial charge in [-0.15, -0.1) is 0 Å². The summed E-state index contributed by atoms with van der Waals surface area (Å²) in [6, 6.07) is 5.36. The van der Waals surface area contributed by atoms with E-state index < -0.39 is 9.84 Å². The zero-order valence-electron chi connectivity index (χ0n) is 10.8. The molecule has 100 valence electrons. The molecule has 1 unspecified atom stereocenters. The van der Waals surface area contributed by atoms with Crippen LogP contribution in [-0.4, -0.2) is 34.9 Å². The topological polar surface area (TPSA) is 55.4 Å². The van der Waals surface area contributed by atoms with E-state index in [1.165, 1.54) is 13.4 Å². The van der Waals surface area contributed by atoms with Crippen LogP contribution in [0.2, 0.25) is 0 Å². The zero-order valence-corrected chi connectivity index (χ0v) is 11.6. The van der Waals surface area contributed by atoms with E-state index in [4.69, 9.17) is 4.74 Å². The molecule has 1 atom stereocenters. The highest BCUT2D eigenvalue weighted by Gasteiger charge is 2.23. The van der Waals surface area contributed by atoms with Gasteiger partial charge in [0.25, 0.3) is 0 Å². The number of rotatable bonds is 3. The van der Waals surface area contributed by atoms with Crippen molar-refractivity contribution in [2.75, 3.05) is 26.5 Å². The molecule has 1 aliphatic heterocycles. The van der Waals surface area contributed by atoms with Crippen molar-refractivity contribution in [1.29, 1.82) is 0 Å². The van der Waals surface area contributed by atoms with E-state index in [0.29, 0.717) is 11.7 Å². The average molecular weight is 269 g/mol. The Labute approximate surface area is 108 Å². The summed E-state index contributed by atoms with van der Waals surface area (Å²) in [6.45, 7) is 1.91. The SMILES string of the molecule is COc1c(C2CCCNC2)cccc1S(C)(=O)=O. The maximum atomic E-state index is 11.8. The first-order valence-electron chi connectivity index (χ1n) is 6.11. The highest BCUT2D eigenvalue weighted by molar-refractivity contribution is 7.90. The van der Waals surface area contributed by atoms with Crippen LogP contribution in [-0.2, 0) is 9.84 Å². The van der Waals surface area contributed by atoms with Gasteiger partial charge in [0.1, 0.15) is 10.6 Å². The second-order valence-corrected chi connectivity index (χ2v) is 6.68. The van der Waals surface area contributed by atoms with Crippen LogP contribution in [0, 0.1) is 0 Å². The van der Waals surface area contributed by atoms with Crippen molar-refractivity contribution < 1.29 is 13.2 Å². The van der Waals surface area contributed by atoms with Gasteiger partial charge in [0.15, 0.2) is 9.84 Å². The summed E-state index contributed by atoms with van der Waals surface area (Å²) in [5.74, 6) is 0.837. The summed E-state index contributed by atoms with van der Waals surface area (Å²) in [4.78, 5) is 0.285. The lowest BCUT2D eigenvalue weighted by Crippen LogP contribution is -2.28. The van der Waals surface area contributed by atoms with Crippen molar-refractivity contribution in [3.05, 3.63) is 23.8 Å². The lowest BCUT2D eigenvalue weighted by molar-refractivity contribution is 0.382. The maximum Gasteiger partial charge on any atom is 0.179 e. The van der Waals surface area contributed by atoms with Crippen molar-refractivity contribution in [2.45, 2.75) is 23.7 Å². The molecular formula is C13H19NO3S. The first-order chi connectivity index (χ1) is 8.54. The first-order valence-corrected chi connectivity index (χ1v) is 8.01. The van der Waals surface area contributed by atoms with Crippen molar-refractivity contribution >= 4 is 9.84 Å². The number of sulfone groups is 1. The number of nitrogens with one attached hydrogen (secondary N) is 1. The second kappa shape index (κ2) is 5.28. The van der Waals surface area contributed by atoms with Crippen LogP contribution in [0.15, 0.2) is 23.1 Å². The van der Waals surface area contributed by atoms with Gasteiger partial charge in [-0.3, -0.25) is 0 Å². The molecule has 18 heavy (non-hydrogen) atoms. The van der Waals surface area contributed by atoms with Gasteiger partial charge in [0, 0.05) is 18.7 Å². The summed E-state index contributed by atoms with van der Waals surface area (Å²) < 4.78 is 28.9. The minimum absolute atomic E-state index is 0.285. The van der Waals surface area contributed by atoms with Crippen LogP contribution >= 0.6 is 0 Å². The number of benzene rings is 1. The number of ether oxygens (including phenoxy) is 1. The van der Waals surface area contributed by atoms with Crippen LogP contribution in [0.25, 0.3) is 0 Å². The largest absolute Gasteiger partial charge is 0.495 e. The monoisotopic (exact) mass is 269 g/mol. The summed E-state index contributed by atoms with van der Waals surface area (Å²) in [7, 11) is -1.72. The number of hydrogen-bond acceptors (Lipinski definition) is 4. The molecule has 1 aliphatic rings. The van der Waals surface area contributed by atoms with Crippen LogP contribution in [0.1, 0.15) is 24.3 Å². The molecule has 1 heterocycles. The predicted molar refractivity (Wildman–Crippen MR) is 70.9 cm³/mol. The van der Waals surface area contributed by atoms with Gasteiger partial charge in [-0.2, -0.15) is 0 Å². The molecule has 0 saturated carbocycles. The Kier molecular flexibility index (Phi) is 3.92. The van der Waals surface area contributed by atoms with Crippen molar-refractivity contribution in [2.24, 2.45) is 0 Å². The number of hydrogen-bond donors (Lipinski definition) is 1. The average Bonchev–Trinajstić information content (AvgIpc) is 2.37. The molecule has 0 bridgehead atoms. The number of piperidine rings is 1. The quantitative estimate of drug-likeness (QED) is 0.905. The summed E-state index contributed by atoms with van der Waals surface area (Å²) in [6.07, 6.45) is 3.39. The van der Waals surface area contributed by atoms with Crippen molar-refractivity contribution in [3.63, 3.8) is 0 Å². The predicted octanol–water partition coefficient (Wildman–Crippen LogP) is 1.57. The lowest BCUT2D eigenvalue weighted by atomic mass is 9.91. The molecule has 1 fully saturated rings. The lowest BCUT2D eigenvalue weighted by Gasteiger charge is -2.25. The third-order valence-electron chi connectivity index (χ3n) is 3.35.